The first kappa shape index (κ1) is 26.5. The number of nitrogens with zero attached hydrogens (tertiary/aromatic N) is 2. The Morgan fingerprint density at radius 1 is 0.878 bits per heavy atom. The lowest BCUT2D eigenvalue weighted by Gasteiger charge is -2.35. The van der Waals surface area contributed by atoms with Crippen LogP contribution >= 0.6 is 0 Å². The van der Waals surface area contributed by atoms with Crippen molar-refractivity contribution in [3.05, 3.63) is 124 Å². The highest BCUT2D eigenvalue weighted by atomic mass is 16.8. The van der Waals surface area contributed by atoms with Gasteiger partial charge in [0.15, 0.2) is 29.9 Å². The smallest absolute Gasteiger partial charge is 0.497 e. The summed E-state index contributed by atoms with van der Waals surface area (Å²) in [6.07, 6.45) is -2.98. The second-order valence-corrected chi connectivity index (χ2v) is 9.51. The van der Waals surface area contributed by atoms with E-state index in [1.54, 1.807) is 13.2 Å². The first-order valence-corrected chi connectivity index (χ1v) is 13.0. The van der Waals surface area contributed by atoms with Gasteiger partial charge in [0.25, 0.3) is 0 Å². The number of hydrogen-bond acceptors (Lipinski definition) is 10. The van der Waals surface area contributed by atoms with E-state index in [0.29, 0.717) is 5.75 Å². The Bertz CT molecular complexity index is 1520. The number of ether oxygens (including phenoxy) is 4. The minimum atomic E-state index is -1.14. The molecule has 41 heavy (non-hydrogen) atoms. The standard InChI is InChI=1S/C30H27N3O8/c1-37-22-14-12-21(13-15-22)30(19-8-4-2-5-9-19,20-10-6-3-7-11-20)41-32-24-16-17-33(28(35)31-24)27-26-25(23(18-34)38-27)39-29(36)40-26/h2-17,23,25-27,34H,18H2,1H3,(H,31,32,35)/t23-,25-,26-,27-/m1/s1. The topological polar surface area (TPSA) is 130 Å². The molecule has 0 unspecified atom stereocenters. The van der Waals surface area contributed by atoms with Crippen LogP contribution in [0.15, 0.2) is 102 Å². The monoisotopic (exact) mass is 557 g/mol. The Balaban J connectivity index is 1.35. The minimum Gasteiger partial charge on any atom is -0.497 e. The molecule has 2 fully saturated rings. The van der Waals surface area contributed by atoms with Crippen LogP contribution in [0.2, 0.25) is 0 Å². The van der Waals surface area contributed by atoms with Gasteiger partial charge in [-0.15, -0.1) is 0 Å². The number of nitrogens with one attached hydrogen (secondary N) is 1. The molecule has 0 radical (unpaired) electrons. The van der Waals surface area contributed by atoms with Crippen LogP contribution in [0.4, 0.5) is 10.6 Å². The summed E-state index contributed by atoms with van der Waals surface area (Å²) in [5, 5.41) is 9.63. The first-order valence-electron chi connectivity index (χ1n) is 13.0. The zero-order valence-electron chi connectivity index (χ0n) is 22.0. The first-order chi connectivity index (χ1) is 20.0. The quantitative estimate of drug-likeness (QED) is 0.179. The highest BCUT2D eigenvalue weighted by Gasteiger charge is 2.55. The molecular formula is C30H27N3O8. The molecule has 0 saturated carbocycles. The number of aromatic nitrogens is 2. The van der Waals surface area contributed by atoms with E-state index in [0.717, 1.165) is 16.7 Å². The molecule has 0 bridgehead atoms. The summed E-state index contributed by atoms with van der Waals surface area (Å²) in [5.74, 6) is 0.837. The summed E-state index contributed by atoms with van der Waals surface area (Å²) < 4.78 is 22.6. The summed E-state index contributed by atoms with van der Waals surface area (Å²) in [6, 6.07) is 28.5. The van der Waals surface area contributed by atoms with Crippen LogP contribution in [0, 0.1) is 0 Å². The van der Waals surface area contributed by atoms with Crippen LogP contribution in [-0.2, 0) is 24.6 Å². The van der Waals surface area contributed by atoms with Gasteiger partial charge in [0.2, 0.25) is 0 Å². The number of hydrogen-bond donors (Lipinski definition) is 2. The second-order valence-electron chi connectivity index (χ2n) is 9.51. The fraction of sp³-hybridized carbons (Fsp3) is 0.233. The SMILES string of the molecule is COc1ccc(C(ONc2ccn([C@@H]3O[C@H](CO)[C@H]4OC(=O)O[C@H]43)c(=O)n2)(c2ccccc2)c2ccccc2)cc1. The van der Waals surface area contributed by atoms with Crippen molar-refractivity contribution in [2.75, 3.05) is 19.2 Å². The Morgan fingerprint density at radius 3 is 2.07 bits per heavy atom. The molecule has 3 heterocycles. The van der Waals surface area contributed by atoms with Gasteiger partial charge in [-0.2, -0.15) is 4.98 Å². The number of anilines is 1. The Morgan fingerprint density at radius 2 is 1.49 bits per heavy atom. The Hall–Kier alpha value is -4.71. The molecule has 0 amide bonds. The van der Waals surface area contributed by atoms with Gasteiger partial charge < -0.3 is 24.1 Å². The molecular weight excluding hydrogens is 530 g/mol. The summed E-state index contributed by atoms with van der Waals surface area (Å²) in [7, 11) is 1.60. The number of carbonyl (C=O) groups excluding carboxylic acids is 1. The number of benzene rings is 3. The van der Waals surface area contributed by atoms with Crippen molar-refractivity contribution < 1.29 is 33.7 Å². The van der Waals surface area contributed by atoms with Gasteiger partial charge in [-0.1, -0.05) is 72.8 Å². The fourth-order valence-electron chi connectivity index (χ4n) is 5.24. The maximum Gasteiger partial charge on any atom is 0.509 e. The molecule has 1 aromatic heterocycles. The van der Waals surface area contributed by atoms with Gasteiger partial charge >= 0.3 is 11.8 Å². The zero-order chi connectivity index (χ0) is 28.4. The molecule has 11 heteroatoms. The number of aliphatic hydroxyl groups is 1. The second kappa shape index (κ2) is 11.0. The third-order valence-electron chi connectivity index (χ3n) is 7.20. The van der Waals surface area contributed by atoms with Crippen LogP contribution in [0.25, 0.3) is 0 Å². The molecule has 11 nitrogen and oxygen atoms in total. The maximum absolute atomic E-state index is 13.1. The van der Waals surface area contributed by atoms with Gasteiger partial charge in [0.1, 0.15) is 11.9 Å². The molecule has 4 aromatic rings. The van der Waals surface area contributed by atoms with Gasteiger partial charge in [-0.3, -0.25) is 9.40 Å². The van der Waals surface area contributed by atoms with Gasteiger partial charge in [-0.25, -0.2) is 15.1 Å². The molecule has 0 aliphatic carbocycles. The fourth-order valence-corrected chi connectivity index (χ4v) is 5.24. The van der Waals surface area contributed by atoms with Crippen LogP contribution in [0.3, 0.4) is 0 Å². The highest BCUT2D eigenvalue weighted by molar-refractivity contribution is 5.63. The van der Waals surface area contributed by atoms with Crippen molar-refractivity contribution in [1.82, 2.24) is 9.55 Å². The van der Waals surface area contributed by atoms with Crippen molar-refractivity contribution >= 4 is 12.0 Å². The predicted octanol–water partition coefficient (Wildman–Crippen LogP) is 3.38. The average molecular weight is 558 g/mol. The lowest BCUT2D eigenvalue weighted by molar-refractivity contribution is -0.0735. The Labute approximate surface area is 234 Å². The third-order valence-corrected chi connectivity index (χ3v) is 7.20. The molecule has 2 saturated heterocycles. The van der Waals surface area contributed by atoms with Crippen LogP contribution in [-0.4, -0.2) is 52.8 Å². The van der Waals surface area contributed by atoms with E-state index in [1.807, 2.05) is 84.9 Å². The normalized spacial score (nSPS) is 21.6. The van der Waals surface area contributed by atoms with E-state index >= 15 is 0 Å². The molecule has 4 atom stereocenters. The number of carbonyl (C=O) groups is 1. The van der Waals surface area contributed by atoms with Crippen LogP contribution in [0.5, 0.6) is 5.75 Å². The summed E-state index contributed by atoms with van der Waals surface area (Å²) >= 11 is 0. The Kier molecular flexibility index (Phi) is 7.14. The highest BCUT2D eigenvalue weighted by Crippen LogP contribution is 2.41. The van der Waals surface area contributed by atoms with E-state index in [9.17, 15) is 14.7 Å². The number of aliphatic hydroxyl groups excluding tert-OH is 1. The summed E-state index contributed by atoms with van der Waals surface area (Å²) in [5.41, 5.74) is 3.54. The number of rotatable bonds is 9. The third kappa shape index (κ3) is 4.80. The van der Waals surface area contributed by atoms with Crippen molar-refractivity contribution in [2.45, 2.75) is 30.1 Å². The van der Waals surface area contributed by atoms with Crippen LogP contribution < -0.4 is 15.9 Å². The van der Waals surface area contributed by atoms with Gasteiger partial charge in [0, 0.05) is 6.20 Å². The largest absolute Gasteiger partial charge is 0.509 e. The van der Waals surface area contributed by atoms with Gasteiger partial charge in [-0.05, 0) is 34.9 Å². The molecule has 2 aliphatic heterocycles. The zero-order valence-corrected chi connectivity index (χ0v) is 22.0. The summed E-state index contributed by atoms with van der Waals surface area (Å²) in [6.45, 7) is -0.406. The van der Waals surface area contributed by atoms with E-state index in [4.69, 9.17) is 23.8 Å². The molecule has 0 spiro atoms. The maximum atomic E-state index is 13.1. The number of methoxy groups -OCH3 is 1. The van der Waals surface area contributed by atoms with Crippen molar-refractivity contribution in [3.63, 3.8) is 0 Å². The van der Waals surface area contributed by atoms with Crippen LogP contribution in [0.1, 0.15) is 22.9 Å². The number of fused-ring (bicyclic) bond motifs is 1. The van der Waals surface area contributed by atoms with Crippen molar-refractivity contribution in [2.24, 2.45) is 0 Å². The molecule has 2 aliphatic rings. The van der Waals surface area contributed by atoms with Crippen molar-refractivity contribution in [3.8, 4) is 5.75 Å². The molecule has 6 rings (SSSR count). The predicted molar refractivity (Wildman–Crippen MR) is 145 cm³/mol. The average Bonchev–Trinajstić information content (AvgIpc) is 3.56. The van der Waals surface area contributed by atoms with E-state index in [1.165, 1.54) is 10.8 Å². The van der Waals surface area contributed by atoms with E-state index < -0.39 is 48.6 Å². The molecule has 3 aromatic carbocycles. The van der Waals surface area contributed by atoms with E-state index in [-0.39, 0.29) is 5.82 Å². The minimum absolute atomic E-state index is 0.143. The van der Waals surface area contributed by atoms with Crippen molar-refractivity contribution in [1.29, 1.82) is 0 Å². The summed E-state index contributed by atoms with van der Waals surface area (Å²) in [4.78, 5) is 35.5. The molecule has 210 valence electrons. The van der Waals surface area contributed by atoms with E-state index in [2.05, 4.69) is 10.5 Å². The lowest BCUT2D eigenvalue weighted by Crippen LogP contribution is -2.36. The molecule has 2 N–H and O–H groups in total. The van der Waals surface area contributed by atoms with Gasteiger partial charge in [0.05, 0.1) is 13.7 Å². The lowest BCUT2D eigenvalue weighted by atomic mass is 9.80.